The molecule has 0 aliphatic heterocycles. The molecule has 0 saturated heterocycles. The van der Waals surface area contributed by atoms with Crippen molar-refractivity contribution in [3.8, 4) is 0 Å². The number of thiophene rings is 1. The number of amides is 1. The maximum absolute atomic E-state index is 12.7. The van der Waals surface area contributed by atoms with Crippen LogP contribution in [-0.4, -0.2) is 16.3 Å². The molecule has 136 valence electrons. The van der Waals surface area contributed by atoms with Crippen molar-refractivity contribution >= 4 is 38.7 Å². The summed E-state index contributed by atoms with van der Waals surface area (Å²) in [6.07, 6.45) is 0. The van der Waals surface area contributed by atoms with Crippen LogP contribution in [0.4, 0.5) is 11.4 Å². The van der Waals surface area contributed by atoms with E-state index in [0.29, 0.717) is 9.58 Å². The monoisotopic (exact) mass is 370 g/mol. The summed E-state index contributed by atoms with van der Waals surface area (Å²) in [6.45, 7) is 8.35. The van der Waals surface area contributed by atoms with Gasteiger partial charge in [0.05, 0.1) is 9.58 Å². The first-order valence-electron chi connectivity index (χ1n) is 8.30. The van der Waals surface area contributed by atoms with Gasteiger partial charge in [0.2, 0.25) is 0 Å². The normalized spacial score (nSPS) is 11.6. The molecule has 0 spiro atoms. The topological polar surface area (TPSA) is 72.8 Å². The number of aryl methyl sites for hydroxylation is 1. The number of carbonyl (C=O) groups is 1. The highest BCUT2D eigenvalue weighted by Crippen LogP contribution is 2.34. The van der Waals surface area contributed by atoms with Crippen LogP contribution in [0.15, 0.2) is 42.5 Å². The summed E-state index contributed by atoms with van der Waals surface area (Å²) in [4.78, 5) is 13.2. The van der Waals surface area contributed by atoms with Crippen LogP contribution < -0.4 is 10.5 Å². The molecule has 2 aromatic carbocycles. The lowest BCUT2D eigenvalue weighted by Gasteiger charge is -2.21. The molecule has 1 amide bonds. The van der Waals surface area contributed by atoms with Gasteiger partial charge >= 0.3 is 0 Å². The van der Waals surface area contributed by atoms with Gasteiger partial charge in [-0.1, -0.05) is 45.0 Å². The zero-order chi connectivity index (χ0) is 19.1. The molecular weight excluding hydrogens is 348 g/mol. The van der Waals surface area contributed by atoms with E-state index in [-0.39, 0.29) is 22.2 Å². The van der Waals surface area contributed by atoms with E-state index in [9.17, 15) is 15.2 Å². The Kier molecular flexibility index (Phi) is 4.75. The number of fused-ring (bicyclic) bond motifs is 1. The molecule has 6 heteroatoms. The molecule has 0 aliphatic carbocycles. The molecule has 1 aromatic heterocycles. The van der Waals surface area contributed by atoms with Crippen LogP contribution in [0.3, 0.4) is 0 Å². The van der Waals surface area contributed by atoms with Crippen LogP contribution >= 0.6 is 11.3 Å². The first-order valence-corrected chi connectivity index (χ1v) is 9.11. The molecule has 3 N–H and O–H groups in total. The standard InChI is InChI=1S/C20H22N2O3S/c1-12-8-9-14(20(2,3)4)11-15(12)21-19(23)17-10-13-6-5-7-16(22(24)25)18(13)26-17/h5-11,24-25H,1-4H3,(H,21,23). The number of anilines is 2. The van der Waals surface area contributed by atoms with Crippen molar-refractivity contribution in [3.05, 3.63) is 58.5 Å². The van der Waals surface area contributed by atoms with E-state index in [1.165, 1.54) is 11.3 Å². The second-order valence-electron chi connectivity index (χ2n) is 7.33. The number of carbonyl (C=O) groups excluding carboxylic acids is 1. The predicted octanol–water partition coefficient (Wildman–Crippen LogP) is 5.34. The number of nitrogens with zero attached hydrogens (tertiary/aromatic N) is 1. The molecule has 0 fully saturated rings. The third-order valence-corrected chi connectivity index (χ3v) is 5.49. The lowest BCUT2D eigenvalue weighted by molar-refractivity contribution is 0.0300. The van der Waals surface area contributed by atoms with Crippen LogP contribution in [0.25, 0.3) is 10.1 Å². The summed E-state index contributed by atoms with van der Waals surface area (Å²) in [5.41, 5.74) is 3.16. The largest absolute Gasteiger partial charge is 0.321 e. The van der Waals surface area contributed by atoms with Crippen molar-refractivity contribution in [2.24, 2.45) is 0 Å². The molecule has 0 radical (unpaired) electrons. The van der Waals surface area contributed by atoms with Gasteiger partial charge < -0.3 is 5.32 Å². The van der Waals surface area contributed by atoms with E-state index in [0.717, 1.165) is 22.2 Å². The highest BCUT2D eigenvalue weighted by atomic mass is 32.1. The predicted molar refractivity (Wildman–Crippen MR) is 106 cm³/mol. The molecule has 1 heterocycles. The van der Waals surface area contributed by atoms with Crippen LogP contribution in [0.1, 0.15) is 41.6 Å². The summed E-state index contributed by atoms with van der Waals surface area (Å²) < 4.78 is 0.641. The molecule has 3 rings (SSSR count). The fraction of sp³-hybridized carbons (Fsp3) is 0.250. The number of benzene rings is 2. The molecule has 0 aliphatic rings. The summed E-state index contributed by atoms with van der Waals surface area (Å²) >= 11 is 1.22. The third kappa shape index (κ3) is 3.58. The lowest BCUT2D eigenvalue weighted by atomic mass is 9.86. The molecule has 5 nitrogen and oxygen atoms in total. The molecular formula is C20H22N2O3S. The van der Waals surface area contributed by atoms with Gasteiger partial charge in [-0.15, -0.1) is 16.6 Å². The summed E-state index contributed by atoms with van der Waals surface area (Å²) in [5, 5.41) is 22.5. The second kappa shape index (κ2) is 6.72. The van der Waals surface area contributed by atoms with Crippen molar-refractivity contribution in [3.63, 3.8) is 0 Å². The number of rotatable bonds is 3. The van der Waals surface area contributed by atoms with E-state index in [4.69, 9.17) is 0 Å². The second-order valence-corrected chi connectivity index (χ2v) is 8.38. The first-order chi connectivity index (χ1) is 12.2. The van der Waals surface area contributed by atoms with Gasteiger partial charge in [-0.2, -0.15) is 0 Å². The van der Waals surface area contributed by atoms with Crippen LogP contribution in [0.5, 0.6) is 0 Å². The SMILES string of the molecule is Cc1ccc(C(C)(C)C)cc1NC(=O)c1cc2cccc(N(O)O)c2s1. The quantitative estimate of drug-likeness (QED) is 0.544. The smallest absolute Gasteiger partial charge is 0.265 e. The van der Waals surface area contributed by atoms with E-state index in [1.807, 2.05) is 25.1 Å². The maximum atomic E-state index is 12.7. The third-order valence-electron chi connectivity index (χ3n) is 4.31. The molecule has 0 bridgehead atoms. The van der Waals surface area contributed by atoms with Gasteiger partial charge in [0.25, 0.3) is 5.91 Å². The van der Waals surface area contributed by atoms with Crippen LogP contribution in [0.2, 0.25) is 0 Å². The van der Waals surface area contributed by atoms with Crippen LogP contribution in [0, 0.1) is 6.92 Å². The average molecular weight is 370 g/mol. The highest BCUT2D eigenvalue weighted by Gasteiger charge is 2.18. The van der Waals surface area contributed by atoms with Gasteiger partial charge in [-0.25, -0.2) is 0 Å². The minimum atomic E-state index is -0.214. The Balaban J connectivity index is 1.94. The lowest BCUT2D eigenvalue weighted by Crippen LogP contribution is -2.15. The van der Waals surface area contributed by atoms with E-state index < -0.39 is 0 Å². The summed E-state index contributed by atoms with van der Waals surface area (Å²) in [6, 6.07) is 13.0. The van der Waals surface area contributed by atoms with Crippen molar-refractivity contribution in [1.82, 2.24) is 0 Å². The molecule has 26 heavy (non-hydrogen) atoms. The Bertz CT molecular complexity index is 971. The van der Waals surface area contributed by atoms with E-state index in [2.05, 4.69) is 32.2 Å². The Morgan fingerprint density at radius 3 is 2.50 bits per heavy atom. The van der Waals surface area contributed by atoms with Crippen LogP contribution in [-0.2, 0) is 5.41 Å². The van der Waals surface area contributed by atoms with Crippen molar-refractivity contribution in [2.75, 3.05) is 10.5 Å². The van der Waals surface area contributed by atoms with Gasteiger partial charge in [-0.3, -0.25) is 15.2 Å². The fourth-order valence-corrected chi connectivity index (χ4v) is 3.77. The van der Waals surface area contributed by atoms with E-state index in [1.54, 1.807) is 18.2 Å². The first kappa shape index (κ1) is 18.4. The Morgan fingerprint density at radius 2 is 1.85 bits per heavy atom. The summed E-state index contributed by atoms with van der Waals surface area (Å²) in [7, 11) is 0. The highest BCUT2D eigenvalue weighted by molar-refractivity contribution is 7.21. The molecule has 0 unspecified atom stereocenters. The van der Waals surface area contributed by atoms with Crippen molar-refractivity contribution < 1.29 is 15.2 Å². The van der Waals surface area contributed by atoms with Gasteiger partial charge in [0, 0.05) is 5.69 Å². The molecule has 0 saturated carbocycles. The van der Waals surface area contributed by atoms with Gasteiger partial charge in [-0.05, 0) is 47.1 Å². The Hall–Kier alpha value is -2.41. The Labute approximate surface area is 156 Å². The number of hydrogen-bond acceptors (Lipinski definition) is 5. The van der Waals surface area contributed by atoms with Gasteiger partial charge in [0.1, 0.15) is 5.69 Å². The Morgan fingerprint density at radius 1 is 1.12 bits per heavy atom. The zero-order valence-electron chi connectivity index (χ0n) is 15.2. The minimum absolute atomic E-state index is 0.00853. The fourth-order valence-electron chi connectivity index (χ4n) is 2.72. The maximum Gasteiger partial charge on any atom is 0.265 e. The van der Waals surface area contributed by atoms with E-state index >= 15 is 0 Å². The zero-order valence-corrected chi connectivity index (χ0v) is 16.0. The molecule has 3 aromatic rings. The van der Waals surface area contributed by atoms with Crippen molar-refractivity contribution in [2.45, 2.75) is 33.1 Å². The molecule has 0 atom stereocenters. The van der Waals surface area contributed by atoms with Crippen molar-refractivity contribution in [1.29, 1.82) is 0 Å². The minimum Gasteiger partial charge on any atom is -0.321 e. The average Bonchev–Trinajstić information content (AvgIpc) is 2.99. The summed E-state index contributed by atoms with van der Waals surface area (Å²) in [5.74, 6) is -0.214. The number of hydrogen-bond donors (Lipinski definition) is 3. The number of nitrogens with one attached hydrogen (secondary N) is 1. The van der Waals surface area contributed by atoms with Gasteiger partial charge in [0.15, 0.2) is 0 Å².